The largest absolute Gasteiger partial charge is 0.449 e. The van der Waals surface area contributed by atoms with Crippen molar-refractivity contribution >= 4 is 23.1 Å². The molecule has 0 fully saturated rings. The molecule has 0 atom stereocenters. The number of benzene rings is 2. The highest BCUT2D eigenvalue weighted by molar-refractivity contribution is 6.30. The van der Waals surface area contributed by atoms with E-state index in [1.165, 1.54) is 18.2 Å². The molecule has 0 radical (unpaired) electrons. The second kappa shape index (κ2) is 5.80. The minimum Gasteiger partial charge on any atom is -0.449 e. The summed E-state index contributed by atoms with van der Waals surface area (Å²) < 4.78 is 5.58. The van der Waals surface area contributed by atoms with Crippen LogP contribution in [0.2, 0.25) is 5.02 Å². The molecule has 0 amide bonds. The Morgan fingerprint density at radius 1 is 1.29 bits per heavy atom. The van der Waals surface area contributed by atoms with Gasteiger partial charge in [0.1, 0.15) is 11.6 Å². The second-order valence-electron chi connectivity index (χ2n) is 4.38. The van der Waals surface area contributed by atoms with Crippen LogP contribution in [-0.4, -0.2) is 10.8 Å². The van der Waals surface area contributed by atoms with E-state index in [-0.39, 0.29) is 23.0 Å². The number of nitrogen functional groups attached to an aromatic ring is 1. The number of halogens is 1. The zero-order chi connectivity index (χ0) is 15.6. The Morgan fingerprint density at radius 3 is 2.62 bits per heavy atom. The molecule has 0 bridgehead atoms. The lowest BCUT2D eigenvalue weighted by atomic mass is 10.1. The summed E-state index contributed by atoms with van der Waals surface area (Å²) >= 11 is 5.85. The first kappa shape index (κ1) is 14.8. The number of nitrogens with one attached hydrogen (secondary N) is 1. The number of nitro groups is 1. The van der Waals surface area contributed by atoms with Gasteiger partial charge in [0, 0.05) is 17.2 Å². The number of nitro benzene ring substituents is 1. The number of ether oxygens (including phenoxy) is 1. The van der Waals surface area contributed by atoms with Gasteiger partial charge in [-0.25, -0.2) is 0 Å². The lowest BCUT2D eigenvalue weighted by Gasteiger charge is -2.11. The van der Waals surface area contributed by atoms with E-state index in [0.29, 0.717) is 10.6 Å². The summed E-state index contributed by atoms with van der Waals surface area (Å²) in [5.41, 5.74) is 6.51. The summed E-state index contributed by atoms with van der Waals surface area (Å²) in [5.74, 6) is 0.0862. The van der Waals surface area contributed by atoms with Crippen LogP contribution in [0, 0.1) is 22.4 Å². The van der Waals surface area contributed by atoms with E-state index in [1.807, 2.05) is 6.92 Å². The van der Waals surface area contributed by atoms with Crippen molar-refractivity contribution < 1.29 is 9.66 Å². The molecule has 0 aliphatic rings. The zero-order valence-corrected chi connectivity index (χ0v) is 11.8. The van der Waals surface area contributed by atoms with Crippen molar-refractivity contribution in [3.05, 3.63) is 62.7 Å². The van der Waals surface area contributed by atoms with Gasteiger partial charge in [0.25, 0.3) is 0 Å². The van der Waals surface area contributed by atoms with Gasteiger partial charge < -0.3 is 10.5 Å². The molecule has 3 N–H and O–H groups in total. The van der Waals surface area contributed by atoms with Gasteiger partial charge in [-0.1, -0.05) is 17.7 Å². The minimum absolute atomic E-state index is 0.000556. The summed E-state index contributed by atoms with van der Waals surface area (Å²) in [6.07, 6.45) is 0. The van der Waals surface area contributed by atoms with Crippen LogP contribution in [0.4, 0.5) is 5.69 Å². The van der Waals surface area contributed by atoms with Gasteiger partial charge in [0.05, 0.1) is 10.5 Å². The maximum atomic E-state index is 11.0. The van der Waals surface area contributed by atoms with E-state index in [4.69, 9.17) is 27.5 Å². The van der Waals surface area contributed by atoms with Crippen molar-refractivity contribution in [2.75, 3.05) is 0 Å². The fourth-order valence-electron chi connectivity index (χ4n) is 1.78. The van der Waals surface area contributed by atoms with Gasteiger partial charge in [0.2, 0.25) is 5.75 Å². The Balaban J connectivity index is 2.52. The zero-order valence-electron chi connectivity index (χ0n) is 11.1. The third-order valence-electron chi connectivity index (χ3n) is 2.77. The molecule has 0 saturated carbocycles. The molecule has 2 aromatic rings. The average molecular weight is 306 g/mol. The summed E-state index contributed by atoms with van der Waals surface area (Å²) in [6, 6.07) is 9.09. The quantitative estimate of drug-likeness (QED) is 0.389. The lowest BCUT2D eigenvalue weighted by molar-refractivity contribution is -0.385. The predicted molar refractivity (Wildman–Crippen MR) is 80.4 cm³/mol. The highest BCUT2D eigenvalue weighted by atomic mass is 35.5. The molecule has 0 aromatic heterocycles. The van der Waals surface area contributed by atoms with Crippen molar-refractivity contribution in [3.8, 4) is 11.5 Å². The lowest BCUT2D eigenvalue weighted by Crippen LogP contribution is -2.12. The van der Waals surface area contributed by atoms with Crippen LogP contribution in [0.15, 0.2) is 36.4 Å². The van der Waals surface area contributed by atoms with Crippen molar-refractivity contribution in [3.63, 3.8) is 0 Å². The summed E-state index contributed by atoms with van der Waals surface area (Å²) in [6.45, 7) is 1.84. The van der Waals surface area contributed by atoms with Crippen molar-refractivity contribution in [2.24, 2.45) is 5.73 Å². The van der Waals surface area contributed by atoms with Crippen LogP contribution in [0.1, 0.15) is 11.1 Å². The molecule has 0 aliphatic carbocycles. The van der Waals surface area contributed by atoms with E-state index >= 15 is 0 Å². The van der Waals surface area contributed by atoms with Crippen molar-refractivity contribution in [2.45, 2.75) is 6.92 Å². The van der Waals surface area contributed by atoms with Gasteiger partial charge in [-0.15, -0.1) is 0 Å². The Morgan fingerprint density at radius 2 is 2.00 bits per heavy atom. The number of aryl methyl sites for hydroxylation is 1. The monoisotopic (exact) mass is 305 g/mol. The fourth-order valence-corrected chi connectivity index (χ4v) is 1.94. The van der Waals surface area contributed by atoms with Crippen molar-refractivity contribution in [1.82, 2.24) is 0 Å². The molecule has 7 heteroatoms. The van der Waals surface area contributed by atoms with E-state index in [1.54, 1.807) is 18.2 Å². The number of hydrogen-bond acceptors (Lipinski definition) is 4. The molecule has 108 valence electrons. The third-order valence-corrected chi connectivity index (χ3v) is 3.00. The number of nitrogens with two attached hydrogens (primary N) is 1. The summed E-state index contributed by atoms with van der Waals surface area (Å²) in [7, 11) is 0. The van der Waals surface area contributed by atoms with E-state index in [9.17, 15) is 10.1 Å². The van der Waals surface area contributed by atoms with Gasteiger partial charge >= 0.3 is 5.69 Å². The second-order valence-corrected chi connectivity index (χ2v) is 4.82. The molecular weight excluding hydrogens is 294 g/mol. The predicted octanol–water partition coefficient (Wildman–Crippen LogP) is 3.63. The maximum absolute atomic E-state index is 11.0. The molecular formula is C14H12ClN3O3. The van der Waals surface area contributed by atoms with Gasteiger partial charge in [-0.3, -0.25) is 15.5 Å². The average Bonchev–Trinajstić information content (AvgIpc) is 2.38. The standard InChI is InChI=1S/C14H12ClN3O3/c1-8-2-4-10(14(16)17)12(6-8)21-13-7-9(15)3-5-11(13)18(19)20/h2-7H,1H3,(H3,16,17). The molecule has 0 heterocycles. The molecule has 6 nitrogen and oxygen atoms in total. The van der Waals surface area contributed by atoms with Crippen LogP contribution in [-0.2, 0) is 0 Å². The third kappa shape index (κ3) is 3.29. The van der Waals surface area contributed by atoms with Crippen LogP contribution in [0.25, 0.3) is 0 Å². The van der Waals surface area contributed by atoms with E-state index < -0.39 is 4.92 Å². The highest BCUT2D eigenvalue weighted by Gasteiger charge is 2.18. The van der Waals surface area contributed by atoms with Gasteiger partial charge in [-0.2, -0.15) is 0 Å². The van der Waals surface area contributed by atoms with Crippen LogP contribution in [0.5, 0.6) is 11.5 Å². The number of hydrogen-bond donors (Lipinski definition) is 2. The molecule has 0 saturated heterocycles. The molecule has 21 heavy (non-hydrogen) atoms. The Bertz CT molecular complexity index is 670. The molecule has 0 spiro atoms. The SMILES string of the molecule is Cc1ccc(C(=N)N)c(Oc2cc(Cl)ccc2[N+](=O)[O-])c1. The Hall–Kier alpha value is -2.60. The highest BCUT2D eigenvalue weighted by Crippen LogP contribution is 2.35. The summed E-state index contributed by atoms with van der Waals surface area (Å²) in [5, 5.41) is 18.9. The molecule has 0 unspecified atom stereocenters. The first-order valence-electron chi connectivity index (χ1n) is 5.95. The first-order valence-corrected chi connectivity index (χ1v) is 6.33. The van der Waals surface area contributed by atoms with Crippen molar-refractivity contribution in [1.29, 1.82) is 5.41 Å². The number of nitrogens with zero attached hydrogens (tertiary/aromatic N) is 1. The summed E-state index contributed by atoms with van der Waals surface area (Å²) in [4.78, 5) is 10.5. The van der Waals surface area contributed by atoms with Gasteiger partial charge in [-0.05, 0) is 30.7 Å². The van der Waals surface area contributed by atoms with Crippen LogP contribution >= 0.6 is 11.6 Å². The van der Waals surface area contributed by atoms with E-state index in [0.717, 1.165) is 5.56 Å². The molecule has 2 rings (SSSR count). The topological polar surface area (TPSA) is 102 Å². The number of amidine groups is 1. The number of rotatable bonds is 4. The normalized spacial score (nSPS) is 10.2. The Kier molecular flexibility index (Phi) is 4.09. The Labute approximate surface area is 125 Å². The van der Waals surface area contributed by atoms with Gasteiger partial charge in [0.15, 0.2) is 0 Å². The fraction of sp³-hybridized carbons (Fsp3) is 0.0714. The minimum atomic E-state index is -0.561. The van der Waals surface area contributed by atoms with Crippen LogP contribution < -0.4 is 10.5 Å². The first-order chi connectivity index (χ1) is 9.88. The maximum Gasteiger partial charge on any atom is 0.311 e. The molecule has 2 aromatic carbocycles. The smallest absolute Gasteiger partial charge is 0.311 e. The van der Waals surface area contributed by atoms with E-state index in [2.05, 4.69) is 0 Å². The van der Waals surface area contributed by atoms with Crippen LogP contribution in [0.3, 0.4) is 0 Å². The molecule has 0 aliphatic heterocycles.